The molecule has 0 unspecified atom stereocenters. The molecule has 5 heteroatoms. The lowest BCUT2D eigenvalue weighted by atomic mass is 9.89. The third-order valence-corrected chi connectivity index (χ3v) is 3.34. The average Bonchev–Trinajstić information content (AvgIpc) is 2.39. The smallest absolute Gasteiger partial charge is 0.392 e. The number of hydrogen-bond acceptors (Lipinski definition) is 2. The van der Waals surface area contributed by atoms with Crippen molar-refractivity contribution in [3.8, 4) is 5.75 Å². The van der Waals surface area contributed by atoms with Crippen molar-refractivity contribution in [2.75, 3.05) is 19.7 Å². The Morgan fingerprint density at radius 2 is 1.84 bits per heavy atom. The largest absolute Gasteiger partial charge is 0.493 e. The topological polar surface area (TPSA) is 21.3 Å². The molecule has 1 aliphatic rings. The van der Waals surface area contributed by atoms with E-state index in [-0.39, 0.29) is 6.61 Å². The SMILES string of the molecule is FC(F)(F)CCOc1ccccc1C1CCNCC1. The molecule has 1 saturated heterocycles. The molecule has 2 rings (SSSR count). The highest BCUT2D eigenvalue weighted by Crippen LogP contribution is 2.32. The van der Waals surface area contributed by atoms with Gasteiger partial charge in [0.15, 0.2) is 0 Å². The molecule has 1 aromatic carbocycles. The van der Waals surface area contributed by atoms with Gasteiger partial charge >= 0.3 is 6.18 Å². The first kappa shape index (κ1) is 14.2. The van der Waals surface area contributed by atoms with Crippen LogP contribution in [0.2, 0.25) is 0 Å². The number of hydrogen-bond donors (Lipinski definition) is 1. The van der Waals surface area contributed by atoms with E-state index in [4.69, 9.17) is 4.74 Å². The number of nitrogens with one attached hydrogen (secondary N) is 1. The van der Waals surface area contributed by atoms with Crippen molar-refractivity contribution < 1.29 is 17.9 Å². The molecule has 106 valence electrons. The summed E-state index contributed by atoms with van der Waals surface area (Å²) in [6, 6.07) is 7.42. The van der Waals surface area contributed by atoms with Gasteiger partial charge in [-0.1, -0.05) is 18.2 Å². The van der Waals surface area contributed by atoms with E-state index < -0.39 is 12.6 Å². The fraction of sp³-hybridized carbons (Fsp3) is 0.571. The number of rotatable bonds is 4. The van der Waals surface area contributed by atoms with Crippen LogP contribution in [0.15, 0.2) is 24.3 Å². The van der Waals surface area contributed by atoms with Gasteiger partial charge in [0.2, 0.25) is 0 Å². The summed E-state index contributed by atoms with van der Waals surface area (Å²) in [6.07, 6.45) is -3.07. The highest BCUT2D eigenvalue weighted by molar-refractivity contribution is 5.36. The van der Waals surface area contributed by atoms with Crippen molar-refractivity contribution in [1.29, 1.82) is 0 Å². The van der Waals surface area contributed by atoms with E-state index in [2.05, 4.69) is 5.32 Å². The van der Waals surface area contributed by atoms with Gasteiger partial charge in [0.05, 0.1) is 13.0 Å². The zero-order valence-electron chi connectivity index (χ0n) is 10.7. The minimum absolute atomic E-state index is 0.314. The summed E-state index contributed by atoms with van der Waals surface area (Å²) in [4.78, 5) is 0. The summed E-state index contributed by atoms with van der Waals surface area (Å²) in [7, 11) is 0. The molecule has 1 heterocycles. The maximum Gasteiger partial charge on any atom is 0.392 e. The fourth-order valence-electron chi connectivity index (χ4n) is 2.36. The minimum Gasteiger partial charge on any atom is -0.493 e. The first-order valence-corrected chi connectivity index (χ1v) is 6.55. The molecule has 1 aliphatic heterocycles. The molecule has 1 fully saturated rings. The summed E-state index contributed by atoms with van der Waals surface area (Å²) in [5, 5.41) is 3.28. The van der Waals surface area contributed by atoms with Gasteiger partial charge in [0.1, 0.15) is 5.75 Å². The molecule has 0 atom stereocenters. The summed E-state index contributed by atoms with van der Waals surface area (Å²) < 4.78 is 41.7. The molecule has 2 nitrogen and oxygen atoms in total. The Kier molecular flexibility index (Phi) is 4.69. The van der Waals surface area contributed by atoms with Gasteiger partial charge in [-0.25, -0.2) is 0 Å². The van der Waals surface area contributed by atoms with E-state index >= 15 is 0 Å². The predicted molar refractivity (Wildman–Crippen MR) is 67.5 cm³/mol. The molecule has 0 aliphatic carbocycles. The molecule has 1 N–H and O–H groups in total. The molecule has 1 aromatic rings. The predicted octanol–water partition coefficient (Wildman–Crippen LogP) is 3.48. The lowest BCUT2D eigenvalue weighted by Gasteiger charge is -2.25. The minimum atomic E-state index is -4.16. The van der Waals surface area contributed by atoms with Crippen molar-refractivity contribution in [3.05, 3.63) is 29.8 Å². The Hall–Kier alpha value is -1.23. The van der Waals surface area contributed by atoms with Crippen LogP contribution in [0.25, 0.3) is 0 Å². The van der Waals surface area contributed by atoms with Crippen LogP contribution in [0, 0.1) is 0 Å². The normalized spacial score (nSPS) is 17.4. The number of halogens is 3. The quantitative estimate of drug-likeness (QED) is 0.906. The van der Waals surface area contributed by atoms with Crippen molar-refractivity contribution in [3.63, 3.8) is 0 Å². The Morgan fingerprint density at radius 3 is 2.53 bits per heavy atom. The highest BCUT2D eigenvalue weighted by atomic mass is 19.4. The summed E-state index contributed by atoms with van der Waals surface area (Å²) in [5.41, 5.74) is 1.03. The van der Waals surface area contributed by atoms with Gasteiger partial charge in [0, 0.05) is 0 Å². The van der Waals surface area contributed by atoms with Gasteiger partial charge in [0.25, 0.3) is 0 Å². The van der Waals surface area contributed by atoms with Crippen LogP contribution in [-0.4, -0.2) is 25.9 Å². The standard InChI is InChI=1S/C14H18F3NO/c15-14(16,17)7-10-19-13-4-2-1-3-12(13)11-5-8-18-9-6-11/h1-4,11,18H,5-10H2. The van der Waals surface area contributed by atoms with Crippen LogP contribution in [0.4, 0.5) is 13.2 Å². The van der Waals surface area contributed by atoms with Crippen molar-refractivity contribution >= 4 is 0 Å². The Balaban J connectivity index is 1.99. The van der Waals surface area contributed by atoms with Crippen LogP contribution in [0.1, 0.15) is 30.7 Å². The maximum atomic E-state index is 12.1. The van der Waals surface area contributed by atoms with Crippen LogP contribution < -0.4 is 10.1 Å². The molecule has 0 radical (unpaired) electrons. The van der Waals surface area contributed by atoms with Crippen molar-refractivity contribution in [2.45, 2.75) is 31.4 Å². The second-order valence-electron chi connectivity index (χ2n) is 4.78. The number of para-hydroxylation sites is 1. The molecule has 0 spiro atoms. The lowest BCUT2D eigenvalue weighted by Crippen LogP contribution is -2.27. The van der Waals surface area contributed by atoms with Gasteiger partial charge in [-0.05, 0) is 43.5 Å². The first-order valence-electron chi connectivity index (χ1n) is 6.55. The third kappa shape index (κ3) is 4.42. The Morgan fingerprint density at radius 1 is 1.16 bits per heavy atom. The Bertz CT molecular complexity index is 400. The summed E-state index contributed by atoms with van der Waals surface area (Å²) in [5.74, 6) is 0.974. The van der Waals surface area contributed by atoms with E-state index in [0.717, 1.165) is 31.5 Å². The number of piperidine rings is 1. The van der Waals surface area contributed by atoms with Gasteiger partial charge in [-0.3, -0.25) is 0 Å². The number of ether oxygens (including phenoxy) is 1. The van der Waals surface area contributed by atoms with Crippen LogP contribution >= 0.6 is 0 Å². The van der Waals surface area contributed by atoms with E-state index in [0.29, 0.717) is 11.7 Å². The van der Waals surface area contributed by atoms with Crippen LogP contribution in [-0.2, 0) is 0 Å². The lowest BCUT2D eigenvalue weighted by molar-refractivity contribution is -0.139. The van der Waals surface area contributed by atoms with Crippen molar-refractivity contribution in [2.24, 2.45) is 0 Å². The molecule has 19 heavy (non-hydrogen) atoms. The molecule has 0 bridgehead atoms. The monoisotopic (exact) mass is 273 g/mol. The van der Waals surface area contributed by atoms with Gasteiger partial charge in [-0.15, -0.1) is 0 Å². The van der Waals surface area contributed by atoms with Gasteiger partial charge in [-0.2, -0.15) is 13.2 Å². The molecular formula is C14H18F3NO. The van der Waals surface area contributed by atoms with Crippen LogP contribution in [0.5, 0.6) is 5.75 Å². The third-order valence-electron chi connectivity index (χ3n) is 3.34. The molecule has 0 saturated carbocycles. The number of alkyl halides is 3. The van der Waals surface area contributed by atoms with Crippen LogP contribution in [0.3, 0.4) is 0 Å². The highest BCUT2D eigenvalue weighted by Gasteiger charge is 2.27. The number of benzene rings is 1. The average molecular weight is 273 g/mol. The van der Waals surface area contributed by atoms with Gasteiger partial charge < -0.3 is 10.1 Å². The van der Waals surface area contributed by atoms with E-state index in [1.54, 1.807) is 12.1 Å². The summed E-state index contributed by atoms with van der Waals surface area (Å²) >= 11 is 0. The fourth-order valence-corrected chi connectivity index (χ4v) is 2.36. The van der Waals surface area contributed by atoms with E-state index in [1.165, 1.54) is 0 Å². The maximum absolute atomic E-state index is 12.1. The molecular weight excluding hydrogens is 255 g/mol. The van der Waals surface area contributed by atoms with Crippen molar-refractivity contribution in [1.82, 2.24) is 5.32 Å². The Labute approximate surface area is 111 Å². The second kappa shape index (κ2) is 6.28. The second-order valence-corrected chi connectivity index (χ2v) is 4.78. The molecule has 0 aromatic heterocycles. The molecule has 0 amide bonds. The van der Waals surface area contributed by atoms with E-state index in [1.807, 2.05) is 12.1 Å². The summed E-state index contributed by atoms with van der Waals surface area (Å²) in [6.45, 7) is 1.58. The zero-order chi connectivity index (χ0) is 13.7. The first-order chi connectivity index (χ1) is 9.06. The van der Waals surface area contributed by atoms with E-state index in [9.17, 15) is 13.2 Å². The zero-order valence-corrected chi connectivity index (χ0v) is 10.7.